The van der Waals surface area contributed by atoms with Gasteiger partial charge in [0, 0.05) is 30.6 Å². The van der Waals surface area contributed by atoms with Crippen molar-refractivity contribution in [2.45, 2.75) is 37.0 Å². The van der Waals surface area contributed by atoms with Crippen LogP contribution in [-0.2, 0) is 33.9 Å². The Morgan fingerprint density at radius 2 is 1.82 bits per heavy atom. The van der Waals surface area contributed by atoms with Gasteiger partial charge in [0.1, 0.15) is 16.4 Å². The zero-order valence-corrected chi connectivity index (χ0v) is 20.0. The first-order chi connectivity index (χ1) is 16.3. The third-order valence-electron chi connectivity index (χ3n) is 6.76. The summed E-state index contributed by atoms with van der Waals surface area (Å²) in [5.41, 5.74) is 0.242. The summed E-state index contributed by atoms with van der Waals surface area (Å²) in [6, 6.07) is 4.31. The monoisotopic (exact) mass is 494 g/mol. The molecule has 1 unspecified atom stereocenters. The van der Waals surface area contributed by atoms with Gasteiger partial charge in [0.25, 0.3) is 5.91 Å². The number of nitrogens with one attached hydrogen (secondary N) is 1. The second kappa shape index (κ2) is 10.4. The predicted molar refractivity (Wildman–Crippen MR) is 121 cm³/mol. The Morgan fingerprint density at radius 3 is 2.47 bits per heavy atom. The Balaban J connectivity index is 1.37. The number of sulfonamides is 1. The Bertz CT molecular complexity index is 1040. The Kier molecular flexibility index (Phi) is 7.54. The summed E-state index contributed by atoms with van der Waals surface area (Å²) in [6.45, 7) is 0.579. The number of ether oxygens (including phenoxy) is 3. The molecule has 186 valence electrons. The molecule has 0 aromatic heterocycles. The highest BCUT2D eigenvalue weighted by molar-refractivity contribution is 7.89. The molecule has 0 spiro atoms. The lowest BCUT2D eigenvalue weighted by Gasteiger charge is -2.36. The topological polar surface area (TPSA) is 128 Å². The second-order valence-electron chi connectivity index (χ2n) is 8.93. The number of benzene rings is 1. The van der Waals surface area contributed by atoms with Gasteiger partial charge in [-0.05, 0) is 43.9 Å². The highest BCUT2D eigenvalue weighted by Crippen LogP contribution is 2.40. The number of amides is 1. The molecular weight excluding hydrogens is 464 g/mol. The molecule has 11 heteroatoms. The average Bonchev–Trinajstić information content (AvgIpc) is 2.83. The summed E-state index contributed by atoms with van der Waals surface area (Å²) in [4.78, 5) is 37.1. The van der Waals surface area contributed by atoms with E-state index in [1.807, 2.05) is 0 Å². The van der Waals surface area contributed by atoms with Crippen molar-refractivity contribution < 1.29 is 37.0 Å². The van der Waals surface area contributed by atoms with E-state index in [0.717, 1.165) is 19.3 Å². The van der Waals surface area contributed by atoms with Gasteiger partial charge in [0.2, 0.25) is 10.0 Å². The van der Waals surface area contributed by atoms with Crippen molar-refractivity contribution in [2.75, 3.05) is 45.3 Å². The number of hydrogen-bond acceptors (Lipinski definition) is 8. The van der Waals surface area contributed by atoms with Crippen LogP contribution in [0.2, 0.25) is 0 Å². The molecule has 1 N–H and O–H groups in total. The van der Waals surface area contributed by atoms with Gasteiger partial charge in [-0.1, -0.05) is 6.42 Å². The minimum absolute atomic E-state index is 0.0647. The third-order valence-corrected chi connectivity index (χ3v) is 8.68. The first-order valence-electron chi connectivity index (χ1n) is 11.6. The number of Topliss-reactive ketones (excluding diaryl/α,β-unsaturated/α-hetero) is 1. The molecular formula is C23H30N2O8S. The van der Waals surface area contributed by atoms with Gasteiger partial charge in [-0.3, -0.25) is 14.4 Å². The molecule has 2 bridgehead atoms. The Labute approximate surface area is 199 Å². The molecule has 1 saturated heterocycles. The van der Waals surface area contributed by atoms with Crippen molar-refractivity contribution in [2.24, 2.45) is 17.8 Å². The van der Waals surface area contributed by atoms with Gasteiger partial charge >= 0.3 is 5.97 Å². The number of anilines is 1. The third kappa shape index (κ3) is 5.26. The summed E-state index contributed by atoms with van der Waals surface area (Å²) >= 11 is 0. The van der Waals surface area contributed by atoms with E-state index in [1.165, 1.54) is 29.6 Å². The van der Waals surface area contributed by atoms with Crippen molar-refractivity contribution in [1.29, 1.82) is 0 Å². The normalized spacial score (nSPS) is 25.4. The number of carbonyl (C=O) groups excluding carboxylic acids is 3. The van der Waals surface area contributed by atoms with Crippen LogP contribution in [0.25, 0.3) is 0 Å². The van der Waals surface area contributed by atoms with E-state index in [9.17, 15) is 22.8 Å². The fraction of sp³-hybridized carbons (Fsp3) is 0.609. The van der Waals surface area contributed by atoms with Crippen LogP contribution in [0.5, 0.6) is 5.75 Å². The fourth-order valence-electron chi connectivity index (χ4n) is 5.01. The summed E-state index contributed by atoms with van der Waals surface area (Å²) in [6.07, 6.45) is 3.60. The highest BCUT2D eigenvalue weighted by Gasteiger charge is 2.42. The molecule has 34 heavy (non-hydrogen) atoms. The van der Waals surface area contributed by atoms with E-state index in [0.29, 0.717) is 26.1 Å². The molecule has 4 rings (SSSR count). The maximum absolute atomic E-state index is 13.1. The largest absolute Gasteiger partial charge is 0.495 e. The van der Waals surface area contributed by atoms with Crippen LogP contribution in [0.1, 0.15) is 32.1 Å². The smallest absolute Gasteiger partial charge is 0.309 e. The lowest BCUT2D eigenvalue weighted by molar-refractivity contribution is -0.155. The number of ketones is 1. The molecule has 1 aliphatic heterocycles. The second-order valence-corrected chi connectivity index (χ2v) is 10.8. The molecule has 3 fully saturated rings. The van der Waals surface area contributed by atoms with E-state index < -0.39 is 28.5 Å². The fourth-order valence-corrected chi connectivity index (χ4v) is 6.60. The molecule has 3 atom stereocenters. The van der Waals surface area contributed by atoms with Gasteiger partial charge in [0.05, 0.1) is 26.2 Å². The summed E-state index contributed by atoms with van der Waals surface area (Å²) in [5, 5.41) is 2.58. The molecule has 1 amide bonds. The zero-order chi connectivity index (χ0) is 24.3. The van der Waals surface area contributed by atoms with Crippen LogP contribution in [0.15, 0.2) is 23.1 Å². The molecule has 2 aliphatic carbocycles. The van der Waals surface area contributed by atoms with E-state index in [2.05, 4.69) is 5.32 Å². The number of methoxy groups -OCH3 is 1. The highest BCUT2D eigenvalue weighted by atomic mass is 32.2. The summed E-state index contributed by atoms with van der Waals surface area (Å²) < 4.78 is 43.2. The number of esters is 1. The van der Waals surface area contributed by atoms with Crippen molar-refractivity contribution in [1.82, 2.24) is 4.31 Å². The van der Waals surface area contributed by atoms with Crippen molar-refractivity contribution in [3.05, 3.63) is 18.2 Å². The summed E-state index contributed by atoms with van der Waals surface area (Å²) in [5.74, 6) is -1.16. The molecule has 3 aliphatic rings. The number of hydrogen-bond donors (Lipinski definition) is 1. The van der Waals surface area contributed by atoms with Crippen LogP contribution in [0.3, 0.4) is 0 Å². The minimum Gasteiger partial charge on any atom is -0.495 e. The Hall–Kier alpha value is -2.50. The predicted octanol–water partition coefficient (Wildman–Crippen LogP) is 1.59. The number of morpholine rings is 1. The van der Waals surface area contributed by atoms with Crippen LogP contribution in [0.4, 0.5) is 5.69 Å². The van der Waals surface area contributed by atoms with Crippen LogP contribution >= 0.6 is 0 Å². The number of carbonyl (C=O) groups is 3. The van der Waals surface area contributed by atoms with Crippen LogP contribution in [-0.4, -0.2) is 70.4 Å². The lowest BCUT2D eigenvalue weighted by atomic mass is 9.67. The minimum atomic E-state index is -3.85. The number of rotatable bonds is 7. The molecule has 0 radical (unpaired) electrons. The Morgan fingerprint density at radius 1 is 1.15 bits per heavy atom. The first-order valence-corrected chi connectivity index (χ1v) is 13.0. The number of nitrogens with zero attached hydrogens (tertiary/aromatic N) is 1. The van der Waals surface area contributed by atoms with Gasteiger partial charge in [0.15, 0.2) is 6.61 Å². The van der Waals surface area contributed by atoms with Gasteiger partial charge in [-0.2, -0.15) is 4.31 Å². The van der Waals surface area contributed by atoms with Gasteiger partial charge < -0.3 is 19.5 Å². The molecule has 1 heterocycles. The molecule has 10 nitrogen and oxygen atoms in total. The zero-order valence-electron chi connectivity index (χ0n) is 19.2. The standard InChI is InChI=1S/C23H30N2O8S/c1-31-19-6-5-18(13-20(19)34(29,30)25-7-9-32-10-8-25)24-21(26)14-33-23(28)17-11-15-3-2-4-16(12-17)22(15)27/h5-6,13,15-17H,2-4,7-12,14H2,1H3,(H,24,26)/t15-,16+,17?. The SMILES string of the molecule is COc1ccc(NC(=O)COC(=O)C2C[C@H]3CCC[C@@H](C2)C3=O)cc1S(=O)(=O)N1CCOCC1. The van der Waals surface area contributed by atoms with Gasteiger partial charge in [-0.25, -0.2) is 8.42 Å². The quantitative estimate of drug-likeness (QED) is 0.566. The molecule has 2 saturated carbocycles. The van der Waals surface area contributed by atoms with Crippen LogP contribution < -0.4 is 10.1 Å². The van der Waals surface area contributed by atoms with E-state index in [1.54, 1.807) is 0 Å². The van der Waals surface area contributed by atoms with Crippen molar-refractivity contribution >= 4 is 33.4 Å². The van der Waals surface area contributed by atoms with Crippen molar-refractivity contribution in [3.8, 4) is 5.75 Å². The summed E-state index contributed by atoms with van der Waals surface area (Å²) in [7, 11) is -2.48. The molecule has 1 aromatic carbocycles. The van der Waals surface area contributed by atoms with E-state index >= 15 is 0 Å². The van der Waals surface area contributed by atoms with Crippen molar-refractivity contribution in [3.63, 3.8) is 0 Å². The van der Waals surface area contributed by atoms with Crippen LogP contribution in [0, 0.1) is 17.8 Å². The molecule has 1 aromatic rings. The van der Waals surface area contributed by atoms with E-state index in [4.69, 9.17) is 14.2 Å². The van der Waals surface area contributed by atoms with E-state index in [-0.39, 0.29) is 53.0 Å². The first kappa shape index (κ1) is 24.6. The maximum atomic E-state index is 13.1. The van der Waals surface area contributed by atoms with Gasteiger partial charge in [-0.15, -0.1) is 0 Å². The lowest BCUT2D eigenvalue weighted by Crippen LogP contribution is -2.40. The average molecular weight is 495 g/mol. The number of fused-ring (bicyclic) bond motifs is 2. The maximum Gasteiger partial charge on any atom is 0.309 e.